The molecule has 0 aromatic heterocycles. The second-order valence-electron chi connectivity index (χ2n) is 4.30. The molecule has 7 heteroatoms. The maximum absolute atomic E-state index is 13.5. The van der Waals surface area contributed by atoms with Gasteiger partial charge in [-0.2, -0.15) is 0 Å². The molecule has 0 saturated carbocycles. The lowest BCUT2D eigenvalue weighted by molar-refractivity contribution is 0.0944. The Morgan fingerprint density at radius 2 is 1.67 bits per heavy atom. The maximum atomic E-state index is 13.5. The number of hydrogen-bond acceptors (Lipinski definition) is 3. The molecular weight excluding hydrogens is 295 g/mol. The molecule has 0 heterocycles. The van der Waals surface area contributed by atoms with Gasteiger partial charge in [-0.25, -0.2) is 12.8 Å². The quantitative estimate of drug-likeness (QED) is 0.845. The number of hydrogen-bond donors (Lipinski definition) is 2. The predicted molar refractivity (Wildman–Crippen MR) is 75.4 cm³/mol. The minimum absolute atomic E-state index is 0.328. The number of carbonyl (C=O) groups excluding carboxylic acids is 1. The van der Waals surface area contributed by atoms with E-state index in [2.05, 4.69) is 5.43 Å². The molecule has 110 valence electrons. The van der Waals surface area contributed by atoms with Gasteiger partial charge in [0, 0.05) is 5.56 Å². The first kappa shape index (κ1) is 15.1. The number of aryl methyl sites for hydroxylation is 1. The number of amides is 1. The molecule has 0 aliphatic rings. The fourth-order valence-corrected chi connectivity index (χ4v) is 2.65. The van der Waals surface area contributed by atoms with Gasteiger partial charge in [0.05, 0.1) is 0 Å². The fraction of sp³-hybridized carbons (Fsp3) is 0.0714. The van der Waals surface area contributed by atoms with Crippen LogP contribution in [0.15, 0.2) is 53.4 Å². The van der Waals surface area contributed by atoms with Crippen LogP contribution in [0.5, 0.6) is 0 Å². The molecule has 2 aromatic rings. The summed E-state index contributed by atoms with van der Waals surface area (Å²) in [6.07, 6.45) is 0. The van der Waals surface area contributed by atoms with Crippen molar-refractivity contribution in [3.8, 4) is 0 Å². The molecule has 0 aliphatic carbocycles. The number of nitrogens with one attached hydrogen (secondary N) is 2. The van der Waals surface area contributed by atoms with Crippen LogP contribution in [0.3, 0.4) is 0 Å². The third-order valence-corrected chi connectivity index (χ3v) is 4.10. The van der Waals surface area contributed by atoms with Crippen LogP contribution in [0.25, 0.3) is 0 Å². The number of hydrazine groups is 1. The number of carbonyl (C=O) groups is 1. The van der Waals surface area contributed by atoms with E-state index in [1.54, 1.807) is 31.2 Å². The molecule has 0 bridgehead atoms. The zero-order valence-corrected chi connectivity index (χ0v) is 11.9. The number of rotatable bonds is 4. The highest BCUT2D eigenvalue weighted by Crippen LogP contribution is 2.12. The Morgan fingerprint density at radius 3 is 2.33 bits per heavy atom. The van der Waals surface area contributed by atoms with Gasteiger partial charge in [-0.1, -0.05) is 30.3 Å². The van der Waals surface area contributed by atoms with E-state index >= 15 is 0 Å². The Kier molecular flexibility index (Phi) is 4.35. The lowest BCUT2D eigenvalue weighted by Crippen LogP contribution is -2.42. The molecule has 2 aromatic carbocycles. The van der Waals surface area contributed by atoms with Gasteiger partial charge in [-0.15, -0.1) is 4.83 Å². The first-order chi connectivity index (χ1) is 9.92. The number of halogens is 1. The van der Waals surface area contributed by atoms with Crippen molar-refractivity contribution in [3.05, 3.63) is 65.5 Å². The Morgan fingerprint density at radius 1 is 1.05 bits per heavy atom. The van der Waals surface area contributed by atoms with Crippen molar-refractivity contribution < 1.29 is 17.6 Å². The third kappa shape index (κ3) is 3.45. The summed E-state index contributed by atoms with van der Waals surface area (Å²) < 4.78 is 37.3. The molecule has 5 nitrogen and oxygen atoms in total. The van der Waals surface area contributed by atoms with Crippen LogP contribution in [-0.2, 0) is 10.0 Å². The van der Waals surface area contributed by atoms with Gasteiger partial charge in [-0.3, -0.25) is 10.2 Å². The molecule has 21 heavy (non-hydrogen) atoms. The minimum atomic E-state index is -4.16. The highest BCUT2D eigenvalue weighted by atomic mass is 32.2. The van der Waals surface area contributed by atoms with E-state index in [1.807, 2.05) is 4.83 Å². The highest BCUT2D eigenvalue weighted by Gasteiger charge is 2.19. The van der Waals surface area contributed by atoms with E-state index in [1.165, 1.54) is 12.1 Å². The Bertz CT molecular complexity index is 775. The van der Waals surface area contributed by atoms with Crippen molar-refractivity contribution in [2.24, 2.45) is 0 Å². The van der Waals surface area contributed by atoms with Crippen LogP contribution in [0.1, 0.15) is 15.9 Å². The largest absolute Gasteiger partial charge is 0.273 e. The summed E-state index contributed by atoms with van der Waals surface area (Å²) in [7, 11) is -4.16. The zero-order valence-electron chi connectivity index (χ0n) is 11.1. The molecule has 0 saturated heterocycles. The van der Waals surface area contributed by atoms with Crippen LogP contribution in [0, 0.1) is 12.7 Å². The minimum Gasteiger partial charge on any atom is -0.273 e. The van der Waals surface area contributed by atoms with Gasteiger partial charge in [0.15, 0.2) is 0 Å². The van der Waals surface area contributed by atoms with Gasteiger partial charge in [0.2, 0.25) is 0 Å². The molecule has 0 radical (unpaired) electrons. The number of sulfonamides is 1. The summed E-state index contributed by atoms with van der Waals surface area (Å²) in [6, 6.07) is 11.6. The summed E-state index contributed by atoms with van der Waals surface area (Å²) in [5.41, 5.74) is 3.08. The summed E-state index contributed by atoms with van der Waals surface area (Å²) in [6.45, 7) is 1.72. The molecule has 1 amide bonds. The van der Waals surface area contributed by atoms with E-state index in [0.717, 1.165) is 12.1 Å². The highest BCUT2D eigenvalue weighted by molar-refractivity contribution is 7.89. The average Bonchev–Trinajstić information content (AvgIpc) is 2.45. The predicted octanol–water partition coefficient (Wildman–Crippen LogP) is 1.76. The van der Waals surface area contributed by atoms with E-state index in [-0.39, 0.29) is 0 Å². The molecule has 0 fully saturated rings. The van der Waals surface area contributed by atoms with Crippen molar-refractivity contribution in [2.75, 3.05) is 0 Å². The van der Waals surface area contributed by atoms with Crippen molar-refractivity contribution in [3.63, 3.8) is 0 Å². The normalized spacial score (nSPS) is 11.1. The topological polar surface area (TPSA) is 75.3 Å². The lowest BCUT2D eigenvalue weighted by atomic mass is 10.1. The number of benzene rings is 2. The molecule has 2 rings (SSSR count). The van der Waals surface area contributed by atoms with E-state index in [4.69, 9.17) is 0 Å². The maximum Gasteiger partial charge on any atom is 0.266 e. The van der Waals surface area contributed by atoms with E-state index < -0.39 is 26.6 Å². The molecular formula is C14H13FN2O3S. The molecule has 0 aliphatic heterocycles. The Balaban J connectivity index is 2.15. The van der Waals surface area contributed by atoms with E-state index in [9.17, 15) is 17.6 Å². The van der Waals surface area contributed by atoms with Crippen LogP contribution in [0.2, 0.25) is 0 Å². The summed E-state index contributed by atoms with van der Waals surface area (Å²) in [4.78, 5) is 13.2. The van der Waals surface area contributed by atoms with Crippen LogP contribution in [-0.4, -0.2) is 14.3 Å². The zero-order chi connectivity index (χ0) is 15.5. The van der Waals surface area contributed by atoms with Crippen LogP contribution >= 0.6 is 0 Å². The van der Waals surface area contributed by atoms with Crippen molar-refractivity contribution in [1.29, 1.82) is 0 Å². The standard InChI is InChI=1S/C14H13FN2O3S/c1-10-6-2-3-7-11(10)14(18)16-17-21(19,20)13-9-5-4-8-12(13)15/h2-9,17H,1H3,(H,16,18). The average molecular weight is 308 g/mol. The summed E-state index contributed by atoms with van der Waals surface area (Å²) >= 11 is 0. The van der Waals surface area contributed by atoms with Crippen LogP contribution < -0.4 is 10.3 Å². The summed E-state index contributed by atoms with van der Waals surface area (Å²) in [5, 5.41) is 0. The Labute approximate surface area is 121 Å². The van der Waals surface area contributed by atoms with Gasteiger partial charge >= 0.3 is 0 Å². The first-order valence-corrected chi connectivity index (χ1v) is 7.52. The molecule has 2 N–H and O–H groups in total. The SMILES string of the molecule is Cc1ccccc1C(=O)NNS(=O)(=O)c1ccccc1F. The molecule has 0 spiro atoms. The van der Waals surface area contributed by atoms with Crippen molar-refractivity contribution in [1.82, 2.24) is 10.3 Å². The second kappa shape index (κ2) is 6.02. The van der Waals surface area contributed by atoms with Gasteiger partial charge in [-0.05, 0) is 30.7 Å². The first-order valence-electron chi connectivity index (χ1n) is 6.04. The van der Waals surface area contributed by atoms with Crippen molar-refractivity contribution >= 4 is 15.9 Å². The van der Waals surface area contributed by atoms with E-state index in [0.29, 0.717) is 11.1 Å². The van der Waals surface area contributed by atoms with Gasteiger partial charge < -0.3 is 0 Å². The van der Waals surface area contributed by atoms with Crippen LogP contribution in [0.4, 0.5) is 4.39 Å². The molecule has 0 atom stereocenters. The summed E-state index contributed by atoms with van der Waals surface area (Å²) in [5.74, 6) is -1.51. The Hall–Kier alpha value is -2.25. The second-order valence-corrected chi connectivity index (χ2v) is 5.96. The smallest absolute Gasteiger partial charge is 0.266 e. The monoisotopic (exact) mass is 308 g/mol. The molecule has 0 unspecified atom stereocenters. The lowest BCUT2D eigenvalue weighted by Gasteiger charge is -2.10. The fourth-order valence-electron chi connectivity index (χ4n) is 1.73. The third-order valence-electron chi connectivity index (χ3n) is 2.81. The van der Waals surface area contributed by atoms with Gasteiger partial charge in [0.25, 0.3) is 15.9 Å². The van der Waals surface area contributed by atoms with Gasteiger partial charge in [0.1, 0.15) is 10.7 Å². The van der Waals surface area contributed by atoms with Crippen molar-refractivity contribution in [2.45, 2.75) is 11.8 Å².